The van der Waals surface area contributed by atoms with Crippen molar-refractivity contribution in [2.45, 2.75) is 25.7 Å². The van der Waals surface area contributed by atoms with Gasteiger partial charge in [0.05, 0.1) is 0 Å². The Bertz CT molecular complexity index is 415. The number of hydrogen-bond acceptors (Lipinski definition) is 3. The normalized spacial score (nSPS) is 10.5. The van der Waals surface area contributed by atoms with Crippen LogP contribution in [0.1, 0.15) is 23.3 Å². The number of ketones is 1. The Morgan fingerprint density at radius 3 is 2.88 bits per heavy atom. The molecule has 0 saturated carbocycles. The molecule has 2 heterocycles. The van der Waals surface area contributed by atoms with Gasteiger partial charge in [0, 0.05) is 17.7 Å². The van der Waals surface area contributed by atoms with Crippen molar-refractivity contribution in [3.63, 3.8) is 0 Å². The van der Waals surface area contributed by atoms with E-state index in [1.54, 1.807) is 22.7 Å². The molecular formula is C13H14OS2. The van der Waals surface area contributed by atoms with E-state index in [9.17, 15) is 4.79 Å². The van der Waals surface area contributed by atoms with E-state index in [4.69, 9.17) is 0 Å². The molecule has 84 valence electrons. The number of aryl methyl sites for hydroxylation is 1. The summed E-state index contributed by atoms with van der Waals surface area (Å²) in [6.07, 6.45) is 3.32. The Morgan fingerprint density at radius 2 is 2.19 bits per heavy atom. The van der Waals surface area contributed by atoms with Crippen molar-refractivity contribution in [2.75, 3.05) is 0 Å². The minimum absolute atomic E-state index is 0.356. The zero-order valence-corrected chi connectivity index (χ0v) is 10.7. The maximum atomic E-state index is 11.6. The first-order chi connectivity index (χ1) is 7.84. The van der Waals surface area contributed by atoms with Gasteiger partial charge in [0.15, 0.2) is 0 Å². The van der Waals surface area contributed by atoms with Crippen LogP contribution in [0.5, 0.6) is 0 Å². The van der Waals surface area contributed by atoms with Crippen LogP contribution in [0.25, 0.3) is 0 Å². The third-order valence-corrected chi connectivity index (χ3v) is 4.11. The Morgan fingerprint density at radius 1 is 1.25 bits per heavy atom. The molecule has 2 rings (SSSR count). The second kappa shape index (κ2) is 5.97. The number of thiophene rings is 2. The molecule has 0 fully saturated rings. The fourth-order valence-electron chi connectivity index (χ4n) is 1.62. The highest BCUT2D eigenvalue weighted by molar-refractivity contribution is 7.09. The molecule has 0 spiro atoms. The van der Waals surface area contributed by atoms with Gasteiger partial charge in [0.25, 0.3) is 0 Å². The lowest BCUT2D eigenvalue weighted by atomic mass is 10.1. The summed E-state index contributed by atoms with van der Waals surface area (Å²) < 4.78 is 0. The molecular weight excluding hydrogens is 236 g/mol. The zero-order valence-electron chi connectivity index (χ0n) is 9.02. The third kappa shape index (κ3) is 3.58. The highest BCUT2D eigenvalue weighted by atomic mass is 32.1. The monoisotopic (exact) mass is 250 g/mol. The lowest BCUT2D eigenvalue weighted by Crippen LogP contribution is -2.02. The first-order valence-electron chi connectivity index (χ1n) is 5.40. The Hall–Kier alpha value is -0.930. The lowest BCUT2D eigenvalue weighted by molar-refractivity contribution is -0.118. The van der Waals surface area contributed by atoms with E-state index in [1.807, 2.05) is 11.4 Å². The van der Waals surface area contributed by atoms with Crippen LogP contribution in [-0.2, 0) is 17.6 Å². The van der Waals surface area contributed by atoms with Crippen LogP contribution in [0.2, 0.25) is 0 Å². The molecule has 0 bridgehead atoms. The Labute approximate surface area is 104 Å². The average molecular weight is 250 g/mol. The highest BCUT2D eigenvalue weighted by Gasteiger charge is 2.04. The quantitative estimate of drug-likeness (QED) is 0.759. The Kier molecular flexibility index (Phi) is 4.31. The summed E-state index contributed by atoms with van der Waals surface area (Å²) in [7, 11) is 0. The van der Waals surface area contributed by atoms with Crippen molar-refractivity contribution in [1.29, 1.82) is 0 Å². The third-order valence-electron chi connectivity index (χ3n) is 2.44. The van der Waals surface area contributed by atoms with Crippen LogP contribution in [0.4, 0.5) is 0 Å². The summed E-state index contributed by atoms with van der Waals surface area (Å²) in [6, 6.07) is 6.23. The molecule has 0 N–H and O–H groups in total. The number of Topliss-reactive ketones (excluding diaryl/α,β-unsaturated/α-hetero) is 1. The Balaban J connectivity index is 1.68. The molecule has 2 aromatic heterocycles. The highest BCUT2D eigenvalue weighted by Crippen LogP contribution is 2.13. The molecule has 0 atom stereocenters. The molecule has 0 unspecified atom stereocenters. The van der Waals surface area contributed by atoms with Gasteiger partial charge in [0.2, 0.25) is 0 Å². The standard InChI is InChI=1S/C13H14OS2/c14-12(9-11-6-8-15-10-11)3-1-4-13-5-2-7-16-13/h2,5-8,10H,1,3-4,9H2. The number of rotatable bonds is 6. The van der Waals surface area contributed by atoms with E-state index in [0.29, 0.717) is 18.6 Å². The maximum absolute atomic E-state index is 11.6. The second-order valence-electron chi connectivity index (χ2n) is 3.78. The number of carbonyl (C=O) groups excluding carboxylic acids is 1. The van der Waals surface area contributed by atoms with Gasteiger partial charge in [-0.05, 0) is 46.7 Å². The van der Waals surface area contributed by atoms with Crippen LogP contribution in [0.3, 0.4) is 0 Å². The molecule has 0 saturated heterocycles. The molecule has 0 amide bonds. The predicted molar refractivity (Wildman–Crippen MR) is 70.3 cm³/mol. The van der Waals surface area contributed by atoms with Crippen molar-refractivity contribution in [2.24, 2.45) is 0 Å². The van der Waals surface area contributed by atoms with Gasteiger partial charge < -0.3 is 0 Å². The molecule has 1 nitrogen and oxygen atoms in total. The van der Waals surface area contributed by atoms with Crippen molar-refractivity contribution >= 4 is 28.5 Å². The van der Waals surface area contributed by atoms with Crippen LogP contribution >= 0.6 is 22.7 Å². The van der Waals surface area contributed by atoms with Gasteiger partial charge in [-0.1, -0.05) is 6.07 Å². The minimum Gasteiger partial charge on any atom is -0.299 e. The first kappa shape index (κ1) is 11.6. The van der Waals surface area contributed by atoms with E-state index >= 15 is 0 Å². The van der Waals surface area contributed by atoms with Gasteiger partial charge in [-0.15, -0.1) is 11.3 Å². The van der Waals surface area contributed by atoms with Crippen LogP contribution in [0.15, 0.2) is 34.3 Å². The second-order valence-corrected chi connectivity index (χ2v) is 5.59. The van der Waals surface area contributed by atoms with E-state index < -0.39 is 0 Å². The van der Waals surface area contributed by atoms with Crippen molar-refractivity contribution < 1.29 is 4.79 Å². The van der Waals surface area contributed by atoms with Crippen LogP contribution in [-0.4, -0.2) is 5.78 Å². The maximum Gasteiger partial charge on any atom is 0.137 e. The van der Waals surface area contributed by atoms with Gasteiger partial charge >= 0.3 is 0 Å². The van der Waals surface area contributed by atoms with E-state index in [1.165, 1.54) is 4.88 Å². The minimum atomic E-state index is 0.356. The van der Waals surface area contributed by atoms with Crippen LogP contribution in [0, 0.1) is 0 Å². The summed E-state index contributed by atoms with van der Waals surface area (Å²) in [5.41, 5.74) is 1.16. The molecule has 3 heteroatoms. The summed E-state index contributed by atoms with van der Waals surface area (Å²) in [4.78, 5) is 13.0. The van der Waals surface area contributed by atoms with E-state index in [2.05, 4.69) is 22.9 Å². The first-order valence-corrected chi connectivity index (χ1v) is 7.22. The summed E-state index contributed by atoms with van der Waals surface area (Å²) in [5, 5.41) is 6.16. The number of carbonyl (C=O) groups is 1. The average Bonchev–Trinajstić information content (AvgIpc) is 2.90. The molecule has 0 aliphatic rings. The van der Waals surface area contributed by atoms with Gasteiger partial charge in [-0.2, -0.15) is 11.3 Å². The fraction of sp³-hybridized carbons (Fsp3) is 0.308. The van der Waals surface area contributed by atoms with E-state index in [0.717, 1.165) is 18.4 Å². The molecule has 0 aliphatic carbocycles. The van der Waals surface area contributed by atoms with Crippen molar-refractivity contribution in [1.82, 2.24) is 0 Å². The summed E-state index contributed by atoms with van der Waals surface area (Å²) in [6.45, 7) is 0. The van der Waals surface area contributed by atoms with Crippen molar-refractivity contribution in [3.8, 4) is 0 Å². The van der Waals surface area contributed by atoms with Gasteiger partial charge in [0.1, 0.15) is 5.78 Å². The smallest absolute Gasteiger partial charge is 0.137 e. The largest absolute Gasteiger partial charge is 0.299 e. The summed E-state index contributed by atoms with van der Waals surface area (Å²) in [5.74, 6) is 0.356. The molecule has 2 aromatic rings. The molecule has 0 aliphatic heterocycles. The molecule has 0 aromatic carbocycles. The van der Waals surface area contributed by atoms with Crippen molar-refractivity contribution in [3.05, 3.63) is 44.8 Å². The van der Waals surface area contributed by atoms with E-state index in [-0.39, 0.29) is 0 Å². The predicted octanol–water partition coefficient (Wildman–Crippen LogP) is 3.94. The van der Waals surface area contributed by atoms with Crippen LogP contribution < -0.4 is 0 Å². The SMILES string of the molecule is O=C(CCCc1cccs1)Cc1ccsc1. The lowest BCUT2D eigenvalue weighted by Gasteiger charge is -1.98. The topological polar surface area (TPSA) is 17.1 Å². The van der Waals surface area contributed by atoms with Gasteiger partial charge in [-0.3, -0.25) is 4.79 Å². The fourth-order valence-corrected chi connectivity index (χ4v) is 3.04. The summed E-state index contributed by atoms with van der Waals surface area (Å²) >= 11 is 3.42. The number of hydrogen-bond donors (Lipinski definition) is 0. The zero-order chi connectivity index (χ0) is 11.2. The molecule has 0 radical (unpaired) electrons. The molecule has 16 heavy (non-hydrogen) atoms. The van der Waals surface area contributed by atoms with Gasteiger partial charge in [-0.25, -0.2) is 0 Å².